The number of ether oxygens (including phenoxy) is 2. The average molecular weight is 397 g/mol. The minimum Gasteiger partial charge on any atom is -0.490 e. The summed E-state index contributed by atoms with van der Waals surface area (Å²) in [5.41, 5.74) is 2.25. The van der Waals surface area contributed by atoms with Gasteiger partial charge in [-0.15, -0.1) is 0 Å². The van der Waals surface area contributed by atoms with E-state index < -0.39 is 10.0 Å². The summed E-state index contributed by atoms with van der Waals surface area (Å²) < 4.78 is 39.1. The van der Waals surface area contributed by atoms with Crippen molar-refractivity contribution in [3.8, 4) is 22.8 Å². The van der Waals surface area contributed by atoms with E-state index in [9.17, 15) is 8.42 Å². The zero-order valence-corrected chi connectivity index (χ0v) is 15.9. The van der Waals surface area contributed by atoms with Crippen molar-refractivity contribution in [1.82, 2.24) is 14.7 Å². The maximum absolute atomic E-state index is 12.7. The van der Waals surface area contributed by atoms with Gasteiger partial charge in [-0.05, 0) is 18.2 Å². The standard InChI is InChI=1S/C20H19N3O4S/c24-28(25,17-7-8-19-20(12-17)27-10-4-9-26-19)23-13-16-11-18(22-14-21-16)15-5-2-1-3-6-15/h1-3,5-8,11-12,14,23H,4,9-10,13H2. The van der Waals surface area contributed by atoms with E-state index in [1.54, 1.807) is 12.1 Å². The van der Waals surface area contributed by atoms with Crippen molar-refractivity contribution >= 4 is 10.0 Å². The summed E-state index contributed by atoms with van der Waals surface area (Å²) in [6.07, 6.45) is 2.19. The maximum atomic E-state index is 12.7. The fourth-order valence-electron chi connectivity index (χ4n) is 2.82. The van der Waals surface area contributed by atoms with E-state index in [2.05, 4.69) is 14.7 Å². The molecule has 2 heterocycles. The topological polar surface area (TPSA) is 90.4 Å². The van der Waals surface area contributed by atoms with Crippen LogP contribution < -0.4 is 14.2 Å². The van der Waals surface area contributed by atoms with E-state index in [1.165, 1.54) is 18.5 Å². The van der Waals surface area contributed by atoms with Gasteiger partial charge in [-0.1, -0.05) is 30.3 Å². The fourth-order valence-corrected chi connectivity index (χ4v) is 3.84. The van der Waals surface area contributed by atoms with Gasteiger partial charge >= 0.3 is 0 Å². The van der Waals surface area contributed by atoms with Crippen LogP contribution in [0.4, 0.5) is 0 Å². The number of sulfonamides is 1. The molecule has 0 aliphatic carbocycles. The lowest BCUT2D eigenvalue weighted by molar-refractivity contribution is 0.297. The van der Waals surface area contributed by atoms with Crippen LogP contribution in [-0.4, -0.2) is 31.6 Å². The highest BCUT2D eigenvalue weighted by atomic mass is 32.2. The van der Waals surface area contributed by atoms with E-state index in [0.717, 1.165) is 17.7 Å². The summed E-state index contributed by atoms with van der Waals surface area (Å²) in [5, 5.41) is 0. The molecule has 2 aromatic carbocycles. The van der Waals surface area contributed by atoms with Crippen LogP contribution in [0.2, 0.25) is 0 Å². The van der Waals surface area contributed by atoms with Gasteiger partial charge in [0.25, 0.3) is 0 Å². The maximum Gasteiger partial charge on any atom is 0.241 e. The molecule has 1 N–H and O–H groups in total. The smallest absolute Gasteiger partial charge is 0.241 e. The molecule has 28 heavy (non-hydrogen) atoms. The fraction of sp³-hybridized carbons (Fsp3) is 0.200. The summed E-state index contributed by atoms with van der Waals surface area (Å²) in [5.74, 6) is 0.994. The van der Waals surface area contributed by atoms with Gasteiger partial charge in [0.2, 0.25) is 10.0 Å². The Morgan fingerprint density at radius 1 is 0.929 bits per heavy atom. The molecule has 0 radical (unpaired) electrons. The van der Waals surface area contributed by atoms with Crippen LogP contribution in [-0.2, 0) is 16.6 Å². The summed E-state index contributed by atoms with van der Waals surface area (Å²) in [4.78, 5) is 8.53. The van der Waals surface area contributed by atoms with Gasteiger partial charge in [-0.2, -0.15) is 0 Å². The molecule has 0 amide bonds. The van der Waals surface area contributed by atoms with Crippen LogP contribution in [0.15, 0.2) is 65.8 Å². The average Bonchev–Trinajstić information content (AvgIpc) is 2.98. The second kappa shape index (κ2) is 7.95. The van der Waals surface area contributed by atoms with Gasteiger partial charge in [-0.3, -0.25) is 0 Å². The second-order valence-corrected chi connectivity index (χ2v) is 8.01. The Morgan fingerprint density at radius 2 is 1.71 bits per heavy atom. The van der Waals surface area contributed by atoms with Crippen LogP contribution in [0.25, 0.3) is 11.3 Å². The van der Waals surface area contributed by atoms with E-state index in [1.807, 2.05) is 30.3 Å². The Kier molecular flexibility index (Phi) is 5.23. The first kappa shape index (κ1) is 18.4. The molecular weight excluding hydrogens is 378 g/mol. The second-order valence-electron chi connectivity index (χ2n) is 6.24. The number of aromatic nitrogens is 2. The van der Waals surface area contributed by atoms with E-state index >= 15 is 0 Å². The number of nitrogens with zero attached hydrogens (tertiary/aromatic N) is 2. The quantitative estimate of drug-likeness (QED) is 0.712. The van der Waals surface area contributed by atoms with Crippen molar-refractivity contribution in [2.24, 2.45) is 0 Å². The first-order valence-corrected chi connectivity index (χ1v) is 10.4. The van der Waals surface area contributed by atoms with Gasteiger partial charge in [0, 0.05) is 18.1 Å². The van der Waals surface area contributed by atoms with Crippen LogP contribution in [0.1, 0.15) is 12.1 Å². The molecule has 8 heteroatoms. The van der Waals surface area contributed by atoms with Crippen molar-refractivity contribution in [3.63, 3.8) is 0 Å². The van der Waals surface area contributed by atoms with Crippen LogP contribution in [0.3, 0.4) is 0 Å². The molecule has 0 unspecified atom stereocenters. The molecule has 7 nitrogen and oxygen atoms in total. The Balaban J connectivity index is 1.51. The van der Waals surface area contributed by atoms with Crippen molar-refractivity contribution in [1.29, 1.82) is 0 Å². The van der Waals surface area contributed by atoms with Crippen LogP contribution in [0.5, 0.6) is 11.5 Å². The Hall–Kier alpha value is -2.97. The van der Waals surface area contributed by atoms with Gasteiger partial charge in [0.05, 0.1) is 36.0 Å². The highest BCUT2D eigenvalue weighted by Crippen LogP contribution is 2.31. The summed E-state index contributed by atoms with van der Waals surface area (Å²) in [6.45, 7) is 1.10. The molecule has 4 rings (SSSR count). The molecular formula is C20H19N3O4S. The van der Waals surface area contributed by atoms with Crippen molar-refractivity contribution in [2.45, 2.75) is 17.9 Å². The van der Waals surface area contributed by atoms with Gasteiger partial charge in [-0.25, -0.2) is 23.1 Å². The van der Waals surface area contributed by atoms with Crippen molar-refractivity contribution in [2.75, 3.05) is 13.2 Å². The third-order valence-electron chi connectivity index (χ3n) is 4.27. The van der Waals surface area contributed by atoms with E-state index in [-0.39, 0.29) is 11.4 Å². The third kappa shape index (κ3) is 4.13. The highest BCUT2D eigenvalue weighted by molar-refractivity contribution is 7.89. The normalized spacial score (nSPS) is 13.7. The number of rotatable bonds is 5. The Bertz CT molecular complexity index is 1070. The number of hydrogen-bond donors (Lipinski definition) is 1. The summed E-state index contributed by atoms with van der Waals surface area (Å²) >= 11 is 0. The first-order chi connectivity index (χ1) is 13.6. The molecule has 0 saturated heterocycles. The van der Waals surface area contributed by atoms with Crippen molar-refractivity contribution < 1.29 is 17.9 Å². The van der Waals surface area contributed by atoms with Crippen LogP contribution in [0, 0.1) is 0 Å². The Morgan fingerprint density at radius 3 is 2.54 bits per heavy atom. The predicted molar refractivity (Wildman–Crippen MR) is 104 cm³/mol. The lowest BCUT2D eigenvalue weighted by Crippen LogP contribution is -2.23. The van der Waals surface area contributed by atoms with E-state index in [4.69, 9.17) is 9.47 Å². The third-order valence-corrected chi connectivity index (χ3v) is 5.66. The van der Waals surface area contributed by atoms with Gasteiger partial charge < -0.3 is 9.47 Å². The monoisotopic (exact) mass is 397 g/mol. The molecule has 0 atom stereocenters. The minimum atomic E-state index is -3.73. The molecule has 1 aliphatic rings. The lowest BCUT2D eigenvalue weighted by Gasteiger charge is -2.11. The molecule has 3 aromatic rings. The predicted octanol–water partition coefficient (Wildman–Crippen LogP) is 2.78. The zero-order valence-electron chi connectivity index (χ0n) is 15.0. The SMILES string of the molecule is O=S(=O)(NCc1cc(-c2ccccc2)ncn1)c1ccc2c(c1)OCCCO2. The Labute approximate surface area is 163 Å². The minimum absolute atomic E-state index is 0.0547. The molecule has 1 aliphatic heterocycles. The number of hydrogen-bond acceptors (Lipinski definition) is 6. The molecule has 144 valence electrons. The zero-order chi connectivity index (χ0) is 19.4. The number of benzene rings is 2. The molecule has 0 fully saturated rings. The number of nitrogens with one attached hydrogen (secondary N) is 1. The van der Waals surface area contributed by atoms with Gasteiger partial charge in [0.15, 0.2) is 11.5 Å². The molecule has 0 bridgehead atoms. The number of fused-ring (bicyclic) bond motifs is 1. The van der Waals surface area contributed by atoms with Gasteiger partial charge in [0.1, 0.15) is 6.33 Å². The van der Waals surface area contributed by atoms with Crippen molar-refractivity contribution in [3.05, 3.63) is 66.6 Å². The van der Waals surface area contributed by atoms with E-state index in [0.29, 0.717) is 30.4 Å². The lowest BCUT2D eigenvalue weighted by atomic mass is 10.1. The van der Waals surface area contributed by atoms with Crippen LogP contribution >= 0.6 is 0 Å². The molecule has 0 spiro atoms. The highest BCUT2D eigenvalue weighted by Gasteiger charge is 2.19. The molecule has 0 saturated carbocycles. The summed E-state index contributed by atoms with van der Waals surface area (Å²) in [6, 6.07) is 16.0. The molecule has 1 aromatic heterocycles. The first-order valence-electron chi connectivity index (χ1n) is 8.87. The summed E-state index contributed by atoms with van der Waals surface area (Å²) in [7, 11) is -3.73. The largest absolute Gasteiger partial charge is 0.490 e.